The monoisotopic (exact) mass is 505 g/mol. The molecule has 4 atom stereocenters. The first-order valence-electron chi connectivity index (χ1n) is 12.1. The van der Waals surface area contributed by atoms with Crippen LogP contribution in [-0.4, -0.2) is 65.2 Å². The Kier molecular flexibility index (Phi) is 9.34. The summed E-state index contributed by atoms with van der Waals surface area (Å²) in [4.78, 5) is 53.2. The number of ether oxygens (including phenoxy) is 2. The number of esters is 1. The molecule has 3 amide bonds. The molecule has 0 spiro atoms. The zero-order valence-electron chi connectivity index (χ0n) is 22.4. The predicted molar refractivity (Wildman–Crippen MR) is 133 cm³/mol. The maximum atomic E-state index is 14.0. The molecular formula is C26H39N3O7. The van der Waals surface area contributed by atoms with Gasteiger partial charge in [-0.15, -0.1) is 0 Å². The van der Waals surface area contributed by atoms with Gasteiger partial charge in [0.25, 0.3) is 0 Å². The Balaban J connectivity index is 2.52. The van der Waals surface area contributed by atoms with Gasteiger partial charge in [0.1, 0.15) is 30.0 Å². The van der Waals surface area contributed by atoms with Crippen molar-refractivity contribution in [1.82, 2.24) is 15.5 Å². The molecule has 200 valence electrons. The molecule has 1 aromatic carbocycles. The van der Waals surface area contributed by atoms with Crippen molar-refractivity contribution in [3.8, 4) is 5.75 Å². The lowest BCUT2D eigenvalue weighted by Crippen LogP contribution is -2.56. The number of phenols is 1. The largest absolute Gasteiger partial charge is 0.507 e. The van der Waals surface area contributed by atoms with E-state index in [9.17, 15) is 24.3 Å². The Bertz CT molecular complexity index is 986. The number of benzene rings is 1. The lowest BCUT2D eigenvalue weighted by molar-refractivity contribution is -0.146. The molecule has 1 aliphatic rings. The molecule has 0 bridgehead atoms. The summed E-state index contributed by atoms with van der Waals surface area (Å²) in [6.07, 6.45) is -0.0977. The zero-order chi connectivity index (χ0) is 27.4. The Hall–Kier alpha value is -3.30. The smallest absolute Gasteiger partial charge is 0.408 e. The second-order valence-corrected chi connectivity index (χ2v) is 10.6. The van der Waals surface area contributed by atoms with Gasteiger partial charge in [0.05, 0.1) is 7.11 Å². The third-order valence-electron chi connectivity index (χ3n) is 6.01. The van der Waals surface area contributed by atoms with Gasteiger partial charge in [0.15, 0.2) is 0 Å². The van der Waals surface area contributed by atoms with Crippen molar-refractivity contribution in [3.05, 3.63) is 29.3 Å². The van der Waals surface area contributed by atoms with Crippen molar-refractivity contribution in [2.24, 2.45) is 11.8 Å². The van der Waals surface area contributed by atoms with Gasteiger partial charge in [-0.2, -0.15) is 0 Å². The number of hydrogen-bond acceptors (Lipinski definition) is 7. The number of phenolic OH excluding ortho intramolecular Hbond substituents is 1. The number of carbonyl (C=O) groups excluding carboxylic acids is 4. The van der Waals surface area contributed by atoms with Gasteiger partial charge >= 0.3 is 12.1 Å². The average Bonchev–Trinajstić information content (AvgIpc) is 3.49. The molecule has 2 rings (SSSR count). The van der Waals surface area contributed by atoms with E-state index in [-0.39, 0.29) is 29.2 Å². The van der Waals surface area contributed by atoms with Gasteiger partial charge in [-0.1, -0.05) is 39.0 Å². The molecule has 1 saturated carbocycles. The van der Waals surface area contributed by atoms with E-state index < -0.39 is 48.1 Å². The van der Waals surface area contributed by atoms with Crippen LogP contribution in [0.1, 0.15) is 65.1 Å². The van der Waals surface area contributed by atoms with Crippen molar-refractivity contribution in [1.29, 1.82) is 0 Å². The normalized spacial score (nSPS) is 18.6. The maximum Gasteiger partial charge on any atom is 0.408 e. The van der Waals surface area contributed by atoms with Crippen LogP contribution in [0.25, 0.3) is 0 Å². The van der Waals surface area contributed by atoms with E-state index in [1.165, 1.54) is 12.0 Å². The molecule has 4 unspecified atom stereocenters. The molecule has 1 fully saturated rings. The summed E-state index contributed by atoms with van der Waals surface area (Å²) >= 11 is 0. The molecule has 0 radical (unpaired) electrons. The molecule has 1 aliphatic carbocycles. The van der Waals surface area contributed by atoms with Gasteiger partial charge in [-0.3, -0.25) is 14.4 Å². The van der Waals surface area contributed by atoms with Crippen LogP contribution in [0.15, 0.2) is 18.2 Å². The fraction of sp³-hybridized carbons (Fsp3) is 0.615. The van der Waals surface area contributed by atoms with E-state index in [0.717, 1.165) is 0 Å². The number of nitrogens with one attached hydrogen (secondary N) is 2. The van der Waals surface area contributed by atoms with E-state index in [1.54, 1.807) is 59.7 Å². The van der Waals surface area contributed by atoms with Gasteiger partial charge in [0.2, 0.25) is 11.8 Å². The van der Waals surface area contributed by atoms with Crippen molar-refractivity contribution in [3.63, 3.8) is 0 Å². The first-order valence-corrected chi connectivity index (χ1v) is 12.1. The highest BCUT2D eigenvalue weighted by Gasteiger charge is 2.49. The van der Waals surface area contributed by atoms with E-state index in [2.05, 4.69) is 15.4 Å². The summed E-state index contributed by atoms with van der Waals surface area (Å²) in [5, 5.41) is 16.0. The van der Waals surface area contributed by atoms with Crippen LogP contribution in [0.3, 0.4) is 0 Å². The lowest BCUT2D eigenvalue weighted by atomic mass is 9.96. The number of para-hydroxylation sites is 1. The maximum absolute atomic E-state index is 14.0. The van der Waals surface area contributed by atoms with Crippen molar-refractivity contribution >= 4 is 23.9 Å². The van der Waals surface area contributed by atoms with Gasteiger partial charge in [-0.25, -0.2) is 4.79 Å². The summed E-state index contributed by atoms with van der Waals surface area (Å²) in [6, 6.07) is 2.42. The second kappa shape index (κ2) is 11.6. The molecule has 3 N–H and O–H groups in total. The fourth-order valence-electron chi connectivity index (χ4n) is 3.93. The SMILES string of the molecule is COC(=O)CNC(=O)C(c1cccc(C)c1O)N(C(=O)C(NC(=O)OC(C)(C)C)C(C)C)C1CC1C. The highest BCUT2D eigenvalue weighted by Crippen LogP contribution is 2.43. The first kappa shape index (κ1) is 28.9. The number of hydrogen-bond donors (Lipinski definition) is 3. The fourth-order valence-corrected chi connectivity index (χ4v) is 3.93. The van der Waals surface area contributed by atoms with E-state index in [1.807, 2.05) is 6.92 Å². The van der Waals surface area contributed by atoms with Gasteiger partial charge in [0, 0.05) is 11.6 Å². The minimum atomic E-state index is -1.24. The van der Waals surface area contributed by atoms with Crippen LogP contribution in [-0.2, 0) is 23.9 Å². The number of amides is 3. The molecule has 10 nitrogen and oxygen atoms in total. The minimum absolute atomic E-state index is 0.103. The summed E-state index contributed by atoms with van der Waals surface area (Å²) in [7, 11) is 1.20. The third kappa shape index (κ3) is 7.35. The number of aromatic hydroxyl groups is 1. The number of aryl methyl sites for hydroxylation is 1. The minimum Gasteiger partial charge on any atom is -0.507 e. The highest BCUT2D eigenvalue weighted by molar-refractivity contribution is 5.94. The van der Waals surface area contributed by atoms with Crippen LogP contribution >= 0.6 is 0 Å². The summed E-state index contributed by atoms with van der Waals surface area (Å²) in [6.45, 7) is 12.0. The van der Waals surface area contributed by atoms with Crippen molar-refractivity contribution in [2.45, 2.75) is 78.6 Å². The predicted octanol–water partition coefficient (Wildman–Crippen LogP) is 2.82. The Morgan fingerprint density at radius 3 is 2.31 bits per heavy atom. The molecule has 36 heavy (non-hydrogen) atoms. The Morgan fingerprint density at radius 2 is 1.81 bits per heavy atom. The zero-order valence-corrected chi connectivity index (χ0v) is 22.4. The Morgan fingerprint density at radius 1 is 1.19 bits per heavy atom. The molecule has 0 heterocycles. The van der Waals surface area contributed by atoms with E-state index in [4.69, 9.17) is 4.74 Å². The van der Waals surface area contributed by atoms with Crippen LogP contribution in [0.2, 0.25) is 0 Å². The second-order valence-electron chi connectivity index (χ2n) is 10.6. The molecule has 10 heteroatoms. The highest BCUT2D eigenvalue weighted by atomic mass is 16.6. The van der Waals surface area contributed by atoms with Crippen LogP contribution in [0.4, 0.5) is 4.79 Å². The van der Waals surface area contributed by atoms with Crippen LogP contribution < -0.4 is 10.6 Å². The van der Waals surface area contributed by atoms with Crippen LogP contribution in [0, 0.1) is 18.8 Å². The standard InChI is InChI=1S/C26H39N3O7/c1-14(2)20(28-25(34)36-26(5,6)7)24(33)29(18-12-16(18)4)21(23(32)27-13-19(30)35-8)17-11-9-10-15(3)22(17)31/h9-11,14,16,18,20-21,31H,12-13H2,1-8H3,(H,27,32)(H,28,34). The van der Waals surface area contributed by atoms with Gasteiger partial charge in [-0.05, 0) is 51.5 Å². The number of alkyl carbamates (subject to hydrolysis) is 1. The molecule has 0 aromatic heterocycles. The van der Waals surface area contributed by atoms with Crippen molar-refractivity contribution < 1.29 is 33.8 Å². The Labute approximate surface area is 212 Å². The number of rotatable bonds is 9. The number of methoxy groups -OCH3 is 1. The quantitative estimate of drug-likeness (QED) is 0.439. The topological polar surface area (TPSA) is 134 Å². The van der Waals surface area contributed by atoms with E-state index >= 15 is 0 Å². The molecular weight excluding hydrogens is 466 g/mol. The lowest BCUT2D eigenvalue weighted by Gasteiger charge is -2.36. The number of carbonyl (C=O) groups is 4. The first-order chi connectivity index (χ1) is 16.7. The summed E-state index contributed by atoms with van der Waals surface area (Å²) < 4.78 is 9.98. The molecule has 0 saturated heterocycles. The molecule has 0 aliphatic heterocycles. The third-order valence-corrected chi connectivity index (χ3v) is 6.01. The number of nitrogens with zero attached hydrogens (tertiary/aromatic N) is 1. The van der Waals surface area contributed by atoms with Crippen LogP contribution in [0.5, 0.6) is 5.75 Å². The average molecular weight is 506 g/mol. The van der Waals surface area contributed by atoms with Gasteiger partial charge < -0.3 is 30.1 Å². The van der Waals surface area contributed by atoms with Crippen molar-refractivity contribution in [2.75, 3.05) is 13.7 Å². The molecule has 1 aromatic rings. The summed E-state index contributed by atoms with van der Waals surface area (Å²) in [5.74, 6) is -2.13. The summed E-state index contributed by atoms with van der Waals surface area (Å²) in [5.41, 5.74) is -0.00498. The van der Waals surface area contributed by atoms with E-state index in [0.29, 0.717) is 12.0 Å².